The summed E-state index contributed by atoms with van der Waals surface area (Å²) in [5.74, 6) is 0.190. The van der Waals surface area contributed by atoms with Crippen LogP contribution in [0.25, 0.3) is 17.0 Å². The maximum absolute atomic E-state index is 11.6. The Labute approximate surface area is 133 Å². The van der Waals surface area contributed by atoms with Crippen LogP contribution >= 0.6 is 27.5 Å². The first-order valence-electron chi connectivity index (χ1n) is 5.98. The van der Waals surface area contributed by atoms with Crippen LogP contribution in [0, 0.1) is 0 Å². The normalized spacial score (nSPS) is 10.8. The molecule has 0 saturated heterocycles. The number of hydrogen-bond donors (Lipinski definition) is 0. The smallest absolute Gasteiger partial charge is 0.339 e. The molecule has 106 valence electrons. The van der Waals surface area contributed by atoms with Crippen LogP contribution in [-0.4, -0.2) is 27.7 Å². The molecule has 0 unspecified atom stereocenters. The molecule has 0 aliphatic rings. The van der Waals surface area contributed by atoms with Crippen molar-refractivity contribution in [1.29, 1.82) is 0 Å². The number of esters is 1. The third-order valence-corrected chi connectivity index (χ3v) is 4.23. The van der Waals surface area contributed by atoms with E-state index in [2.05, 4.69) is 26.1 Å². The topological polar surface area (TPSA) is 56.5 Å². The monoisotopic (exact) mass is 365 g/mol. The number of hydrogen-bond acceptors (Lipinski definition) is 4. The molecule has 5 nitrogen and oxygen atoms in total. The van der Waals surface area contributed by atoms with E-state index in [1.54, 1.807) is 28.8 Å². The maximum atomic E-state index is 11.6. The number of fused-ring (bicyclic) bond motifs is 1. The highest BCUT2D eigenvalue weighted by Crippen LogP contribution is 2.28. The quantitative estimate of drug-likeness (QED) is 0.650. The molecule has 0 spiro atoms. The van der Waals surface area contributed by atoms with Gasteiger partial charge in [-0.05, 0) is 46.3 Å². The first-order chi connectivity index (χ1) is 10.1. The summed E-state index contributed by atoms with van der Waals surface area (Å²) in [5.41, 5.74) is 1.86. The molecule has 2 heterocycles. The highest BCUT2D eigenvalue weighted by atomic mass is 79.9. The summed E-state index contributed by atoms with van der Waals surface area (Å²) < 4.78 is 7.25. The second-order valence-electron chi connectivity index (χ2n) is 4.29. The number of aromatic nitrogens is 3. The van der Waals surface area contributed by atoms with Crippen LogP contribution in [0.1, 0.15) is 10.4 Å². The molecule has 1 aromatic carbocycles. The van der Waals surface area contributed by atoms with Gasteiger partial charge >= 0.3 is 5.97 Å². The molecule has 21 heavy (non-hydrogen) atoms. The minimum absolute atomic E-state index is 0.412. The van der Waals surface area contributed by atoms with Crippen LogP contribution in [0.15, 0.2) is 41.0 Å². The Morgan fingerprint density at radius 1 is 1.29 bits per heavy atom. The van der Waals surface area contributed by atoms with Gasteiger partial charge in [0, 0.05) is 16.2 Å². The molecular formula is C14H9BrClN3O2. The third-order valence-electron chi connectivity index (χ3n) is 3.00. The minimum Gasteiger partial charge on any atom is -0.465 e. The highest BCUT2D eigenvalue weighted by Gasteiger charge is 2.12. The van der Waals surface area contributed by atoms with Crippen molar-refractivity contribution in [3.8, 4) is 11.4 Å². The molecule has 3 aromatic rings. The lowest BCUT2D eigenvalue weighted by Crippen LogP contribution is -2.03. The van der Waals surface area contributed by atoms with Crippen molar-refractivity contribution in [2.24, 2.45) is 0 Å². The van der Waals surface area contributed by atoms with E-state index in [1.807, 2.05) is 12.1 Å². The fraction of sp³-hybridized carbons (Fsp3) is 0.0714. The number of rotatable bonds is 2. The fourth-order valence-electron chi connectivity index (χ4n) is 1.96. The van der Waals surface area contributed by atoms with E-state index in [1.165, 1.54) is 7.11 Å². The average Bonchev–Trinajstić information content (AvgIpc) is 2.92. The number of nitrogens with zero attached hydrogens (tertiary/aromatic N) is 3. The Kier molecular flexibility index (Phi) is 3.65. The molecule has 0 amide bonds. The number of benzene rings is 1. The van der Waals surface area contributed by atoms with E-state index in [9.17, 15) is 4.79 Å². The maximum Gasteiger partial charge on any atom is 0.339 e. The van der Waals surface area contributed by atoms with Crippen LogP contribution in [0.2, 0.25) is 5.02 Å². The van der Waals surface area contributed by atoms with Gasteiger partial charge in [-0.2, -0.15) is 0 Å². The molecule has 0 radical (unpaired) electrons. The van der Waals surface area contributed by atoms with Crippen molar-refractivity contribution in [2.75, 3.05) is 7.11 Å². The number of carbonyl (C=O) groups is 1. The van der Waals surface area contributed by atoms with Gasteiger partial charge in [0.05, 0.1) is 17.7 Å². The van der Waals surface area contributed by atoms with Crippen molar-refractivity contribution in [1.82, 2.24) is 14.6 Å². The summed E-state index contributed by atoms with van der Waals surface area (Å²) in [6, 6.07) is 8.85. The molecule has 7 heteroatoms. The molecule has 0 aliphatic heterocycles. The molecule has 0 aliphatic carbocycles. The van der Waals surface area contributed by atoms with Crippen LogP contribution < -0.4 is 0 Å². The van der Waals surface area contributed by atoms with Crippen molar-refractivity contribution in [2.45, 2.75) is 0 Å². The van der Waals surface area contributed by atoms with Gasteiger partial charge in [0.2, 0.25) is 0 Å². The number of ether oxygens (including phenoxy) is 1. The molecule has 0 saturated carbocycles. The average molecular weight is 367 g/mol. The lowest BCUT2D eigenvalue weighted by Gasteiger charge is -2.04. The van der Waals surface area contributed by atoms with Gasteiger partial charge in [-0.1, -0.05) is 11.6 Å². The van der Waals surface area contributed by atoms with Gasteiger partial charge in [-0.3, -0.25) is 4.40 Å². The molecule has 2 aromatic heterocycles. The fourth-order valence-corrected chi connectivity index (χ4v) is 2.39. The van der Waals surface area contributed by atoms with Gasteiger partial charge in [-0.25, -0.2) is 4.79 Å². The van der Waals surface area contributed by atoms with Crippen molar-refractivity contribution in [3.05, 3.63) is 51.6 Å². The Balaban J connectivity index is 2.18. The van der Waals surface area contributed by atoms with Gasteiger partial charge in [0.15, 0.2) is 11.5 Å². The van der Waals surface area contributed by atoms with E-state index < -0.39 is 5.97 Å². The van der Waals surface area contributed by atoms with Crippen LogP contribution in [0.4, 0.5) is 0 Å². The van der Waals surface area contributed by atoms with Crippen molar-refractivity contribution in [3.63, 3.8) is 0 Å². The zero-order valence-electron chi connectivity index (χ0n) is 10.9. The lowest BCUT2D eigenvalue weighted by atomic mass is 10.2. The summed E-state index contributed by atoms with van der Waals surface area (Å²) in [4.78, 5) is 11.6. The lowest BCUT2D eigenvalue weighted by molar-refractivity contribution is 0.0600. The SMILES string of the molecule is COC(=O)c1ccc2nnc(-c3ccc(Br)c(Cl)c3)n2c1. The van der Waals surface area contributed by atoms with E-state index in [0.717, 1.165) is 10.0 Å². The number of halogens is 2. The van der Waals surface area contributed by atoms with E-state index >= 15 is 0 Å². The first-order valence-corrected chi connectivity index (χ1v) is 7.16. The van der Waals surface area contributed by atoms with Gasteiger partial charge < -0.3 is 4.74 Å². The zero-order valence-corrected chi connectivity index (χ0v) is 13.2. The minimum atomic E-state index is -0.412. The molecule has 3 rings (SSSR count). The van der Waals surface area contributed by atoms with E-state index in [4.69, 9.17) is 16.3 Å². The summed E-state index contributed by atoms with van der Waals surface area (Å²) in [6.07, 6.45) is 1.65. The zero-order chi connectivity index (χ0) is 15.0. The van der Waals surface area contributed by atoms with Gasteiger partial charge in [0.25, 0.3) is 0 Å². The van der Waals surface area contributed by atoms with Crippen LogP contribution in [-0.2, 0) is 4.74 Å². The molecule has 0 fully saturated rings. The molecule has 0 bridgehead atoms. The predicted molar refractivity (Wildman–Crippen MR) is 82.5 cm³/mol. The summed E-state index contributed by atoms with van der Waals surface area (Å²) in [7, 11) is 1.34. The number of pyridine rings is 1. The third kappa shape index (κ3) is 2.52. The van der Waals surface area contributed by atoms with E-state index in [0.29, 0.717) is 22.1 Å². The second kappa shape index (κ2) is 5.46. The largest absolute Gasteiger partial charge is 0.465 e. The van der Waals surface area contributed by atoms with Crippen molar-refractivity contribution >= 4 is 39.1 Å². The molecule has 0 N–H and O–H groups in total. The summed E-state index contributed by atoms with van der Waals surface area (Å²) in [5, 5.41) is 8.81. The Morgan fingerprint density at radius 2 is 2.10 bits per heavy atom. The van der Waals surface area contributed by atoms with Gasteiger partial charge in [0.1, 0.15) is 0 Å². The Bertz CT molecular complexity index is 847. The molecular weight excluding hydrogens is 358 g/mol. The van der Waals surface area contributed by atoms with Gasteiger partial charge in [-0.15, -0.1) is 10.2 Å². The second-order valence-corrected chi connectivity index (χ2v) is 5.55. The number of methoxy groups -OCH3 is 1. The predicted octanol–water partition coefficient (Wildman–Crippen LogP) is 3.60. The van der Waals surface area contributed by atoms with Crippen molar-refractivity contribution < 1.29 is 9.53 Å². The Morgan fingerprint density at radius 3 is 2.81 bits per heavy atom. The van der Waals surface area contributed by atoms with E-state index in [-0.39, 0.29) is 0 Å². The molecule has 0 atom stereocenters. The number of carbonyl (C=O) groups excluding carboxylic acids is 1. The first kappa shape index (κ1) is 14.0. The highest BCUT2D eigenvalue weighted by molar-refractivity contribution is 9.10. The van der Waals surface area contributed by atoms with Crippen LogP contribution in [0.5, 0.6) is 0 Å². The van der Waals surface area contributed by atoms with Crippen LogP contribution in [0.3, 0.4) is 0 Å². The standard InChI is InChI=1S/C14H9BrClN3O2/c1-21-14(20)9-3-5-12-17-18-13(19(12)7-9)8-2-4-10(15)11(16)6-8/h2-7H,1H3. The summed E-state index contributed by atoms with van der Waals surface area (Å²) >= 11 is 9.45. The Hall–Kier alpha value is -1.92. The summed E-state index contributed by atoms with van der Waals surface area (Å²) in [6.45, 7) is 0.